The van der Waals surface area contributed by atoms with Crippen molar-refractivity contribution in [1.82, 2.24) is 4.98 Å². The number of nitrogens with zero attached hydrogens (tertiary/aromatic N) is 2. The molecule has 108 valence electrons. The quantitative estimate of drug-likeness (QED) is 0.871. The minimum absolute atomic E-state index is 0.133. The standard InChI is InChI=1S/C14H18N2O2S2/c1-10-9-15-14(19-10)16(3)11(2)12-5-7-13(8-6-12)20(4,17)18/h5-9,11H,1-4H3. The van der Waals surface area contributed by atoms with Crippen LogP contribution in [-0.2, 0) is 9.84 Å². The second kappa shape index (κ2) is 5.54. The summed E-state index contributed by atoms with van der Waals surface area (Å²) in [5, 5.41) is 0.960. The fraction of sp³-hybridized carbons (Fsp3) is 0.357. The Balaban J connectivity index is 2.23. The van der Waals surface area contributed by atoms with Gasteiger partial charge in [-0.25, -0.2) is 13.4 Å². The van der Waals surface area contributed by atoms with E-state index in [-0.39, 0.29) is 6.04 Å². The molecule has 0 spiro atoms. The highest BCUT2D eigenvalue weighted by Gasteiger charge is 2.16. The van der Waals surface area contributed by atoms with Crippen LogP contribution in [-0.4, -0.2) is 26.7 Å². The molecule has 2 aromatic rings. The zero-order chi connectivity index (χ0) is 14.9. The zero-order valence-electron chi connectivity index (χ0n) is 12.0. The summed E-state index contributed by atoms with van der Waals surface area (Å²) in [6, 6.07) is 7.16. The second-order valence-corrected chi connectivity index (χ2v) is 8.11. The largest absolute Gasteiger partial charge is 0.344 e. The Labute approximate surface area is 124 Å². The lowest BCUT2D eigenvalue weighted by molar-refractivity contribution is 0.601. The smallest absolute Gasteiger partial charge is 0.185 e. The van der Waals surface area contributed by atoms with E-state index < -0.39 is 9.84 Å². The van der Waals surface area contributed by atoms with Crippen molar-refractivity contribution in [3.63, 3.8) is 0 Å². The first-order valence-electron chi connectivity index (χ1n) is 6.24. The molecule has 1 heterocycles. The van der Waals surface area contributed by atoms with Crippen LogP contribution in [0.15, 0.2) is 35.4 Å². The predicted molar refractivity (Wildman–Crippen MR) is 83.2 cm³/mol. The molecule has 20 heavy (non-hydrogen) atoms. The molecular weight excluding hydrogens is 292 g/mol. The number of aromatic nitrogens is 1. The molecule has 1 aromatic heterocycles. The van der Waals surface area contributed by atoms with Gasteiger partial charge in [-0.1, -0.05) is 12.1 Å². The summed E-state index contributed by atoms with van der Waals surface area (Å²) in [5.74, 6) is 0. The Kier molecular flexibility index (Phi) is 4.15. The van der Waals surface area contributed by atoms with Gasteiger partial charge in [0.15, 0.2) is 15.0 Å². The molecule has 1 unspecified atom stereocenters. The maximum absolute atomic E-state index is 11.5. The molecule has 0 amide bonds. The minimum Gasteiger partial charge on any atom is -0.344 e. The van der Waals surface area contributed by atoms with E-state index in [4.69, 9.17) is 0 Å². The van der Waals surface area contributed by atoms with Gasteiger partial charge in [-0.3, -0.25) is 0 Å². The molecule has 0 aliphatic rings. The number of hydrogen-bond donors (Lipinski definition) is 0. The number of benzene rings is 1. The van der Waals surface area contributed by atoms with Gasteiger partial charge in [0.2, 0.25) is 0 Å². The highest BCUT2D eigenvalue weighted by atomic mass is 32.2. The highest BCUT2D eigenvalue weighted by molar-refractivity contribution is 7.90. The molecular formula is C14H18N2O2S2. The van der Waals surface area contributed by atoms with Gasteiger partial charge in [-0.05, 0) is 31.5 Å². The number of aryl methyl sites for hydroxylation is 1. The van der Waals surface area contributed by atoms with Crippen LogP contribution in [0.1, 0.15) is 23.4 Å². The number of sulfone groups is 1. The van der Waals surface area contributed by atoms with E-state index in [0.29, 0.717) is 4.90 Å². The number of hydrogen-bond acceptors (Lipinski definition) is 5. The summed E-state index contributed by atoms with van der Waals surface area (Å²) in [6.07, 6.45) is 3.08. The van der Waals surface area contributed by atoms with Gasteiger partial charge >= 0.3 is 0 Å². The van der Waals surface area contributed by atoms with Gasteiger partial charge in [0.1, 0.15) is 0 Å². The molecule has 0 fully saturated rings. The van der Waals surface area contributed by atoms with Crippen LogP contribution in [0.4, 0.5) is 5.13 Å². The van der Waals surface area contributed by atoms with E-state index in [2.05, 4.69) is 16.8 Å². The van der Waals surface area contributed by atoms with Crippen molar-refractivity contribution in [2.24, 2.45) is 0 Å². The maximum atomic E-state index is 11.5. The van der Waals surface area contributed by atoms with Crippen LogP contribution < -0.4 is 4.90 Å². The van der Waals surface area contributed by atoms with Gasteiger partial charge < -0.3 is 4.90 Å². The van der Waals surface area contributed by atoms with Crippen molar-refractivity contribution >= 4 is 26.3 Å². The molecule has 6 heteroatoms. The summed E-state index contributed by atoms with van der Waals surface area (Å²) >= 11 is 1.65. The molecule has 4 nitrogen and oxygen atoms in total. The van der Waals surface area contributed by atoms with Gasteiger partial charge in [-0.2, -0.15) is 0 Å². The first-order valence-corrected chi connectivity index (χ1v) is 8.95. The fourth-order valence-electron chi connectivity index (χ4n) is 1.89. The van der Waals surface area contributed by atoms with E-state index in [1.807, 2.05) is 32.3 Å². The predicted octanol–water partition coefficient (Wildman–Crippen LogP) is 3.05. The molecule has 0 radical (unpaired) electrons. The molecule has 0 saturated carbocycles. The molecule has 0 N–H and O–H groups in total. The van der Waals surface area contributed by atoms with Crippen molar-refractivity contribution in [3.05, 3.63) is 40.9 Å². The highest BCUT2D eigenvalue weighted by Crippen LogP contribution is 2.29. The van der Waals surface area contributed by atoms with Crippen LogP contribution in [0, 0.1) is 6.92 Å². The third-order valence-corrected chi connectivity index (χ3v) is 5.41. The first kappa shape index (κ1) is 15.0. The molecule has 0 aliphatic carbocycles. The van der Waals surface area contributed by atoms with Gasteiger partial charge in [-0.15, -0.1) is 11.3 Å². The monoisotopic (exact) mass is 310 g/mol. The summed E-state index contributed by atoms with van der Waals surface area (Å²) < 4.78 is 22.9. The number of thiazole rings is 1. The van der Waals surface area contributed by atoms with Crippen molar-refractivity contribution in [3.8, 4) is 0 Å². The van der Waals surface area contributed by atoms with Crippen molar-refractivity contribution in [1.29, 1.82) is 0 Å². The summed E-state index contributed by atoms with van der Waals surface area (Å²) in [5.41, 5.74) is 1.06. The van der Waals surface area contributed by atoms with Crippen LogP contribution in [0.25, 0.3) is 0 Å². The Bertz CT molecular complexity index is 690. The third-order valence-electron chi connectivity index (χ3n) is 3.28. The van der Waals surface area contributed by atoms with Crippen molar-refractivity contribution < 1.29 is 8.42 Å². The molecule has 2 rings (SSSR count). The average molecular weight is 310 g/mol. The average Bonchev–Trinajstić information content (AvgIpc) is 2.83. The summed E-state index contributed by atoms with van der Waals surface area (Å²) in [4.78, 5) is 7.98. The van der Waals surface area contributed by atoms with E-state index in [1.165, 1.54) is 11.1 Å². The van der Waals surface area contributed by atoms with Crippen LogP contribution in [0.3, 0.4) is 0 Å². The second-order valence-electron chi connectivity index (χ2n) is 4.88. The minimum atomic E-state index is -3.14. The lowest BCUT2D eigenvalue weighted by Gasteiger charge is -2.24. The topological polar surface area (TPSA) is 50.3 Å². The first-order chi connectivity index (χ1) is 9.29. The molecule has 1 aromatic carbocycles. The molecule has 1 atom stereocenters. The fourth-order valence-corrected chi connectivity index (χ4v) is 3.32. The Morgan fingerprint density at radius 1 is 1.25 bits per heavy atom. The van der Waals surface area contributed by atoms with Gasteiger partial charge in [0.25, 0.3) is 0 Å². The van der Waals surface area contributed by atoms with Crippen molar-refractivity contribution in [2.45, 2.75) is 24.8 Å². The molecule has 0 aliphatic heterocycles. The summed E-state index contributed by atoms with van der Waals surface area (Å²) in [7, 11) is -1.14. The van der Waals surface area contributed by atoms with E-state index in [1.54, 1.807) is 23.5 Å². The lowest BCUT2D eigenvalue weighted by atomic mass is 10.1. The van der Waals surface area contributed by atoms with Crippen LogP contribution in [0.5, 0.6) is 0 Å². The Morgan fingerprint density at radius 3 is 2.30 bits per heavy atom. The molecule has 0 bridgehead atoms. The van der Waals surface area contributed by atoms with E-state index in [0.717, 1.165) is 10.7 Å². The van der Waals surface area contributed by atoms with E-state index in [9.17, 15) is 8.42 Å². The zero-order valence-corrected chi connectivity index (χ0v) is 13.6. The SMILES string of the molecule is Cc1cnc(N(C)C(C)c2ccc(S(C)(=O)=O)cc2)s1. The number of rotatable bonds is 4. The number of anilines is 1. The van der Waals surface area contributed by atoms with Crippen molar-refractivity contribution in [2.75, 3.05) is 18.2 Å². The van der Waals surface area contributed by atoms with Crippen LogP contribution in [0.2, 0.25) is 0 Å². The van der Waals surface area contributed by atoms with Gasteiger partial charge in [0, 0.05) is 24.4 Å². The Morgan fingerprint density at radius 2 is 1.85 bits per heavy atom. The maximum Gasteiger partial charge on any atom is 0.185 e. The van der Waals surface area contributed by atoms with Gasteiger partial charge in [0.05, 0.1) is 10.9 Å². The summed E-state index contributed by atoms with van der Waals surface area (Å²) in [6.45, 7) is 4.10. The normalized spacial score (nSPS) is 13.2. The van der Waals surface area contributed by atoms with E-state index >= 15 is 0 Å². The molecule has 0 saturated heterocycles. The third kappa shape index (κ3) is 3.19. The lowest BCUT2D eigenvalue weighted by Crippen LogP contribution is -2.21. The van der Waals surface area contributed by atoms with Crippen LogP contribution >= 0.6 is 11.3 Å². The Hall–Kier alpha value is -1.40.